The van der Waals surface area contributed by atoms with E-state index in [1.807, 2.05) is 0 Å². The Labute approximate surface area is 84.5 Å². The van der Waals surface area contributed by atoms with Crippen LogP contribution in [0.2, 0.25) is 6.04 Å². The molecule has 0 fully saturated rings. The third kappa shape index (κ3) is 6.24. The quantitative estimate of drug-likeness (QED) is 0.566. The third-order valence-corrected chi connectivity index (χ3v) is 4.70. The Morgan fingerprint density at radius 1 is 1.15 bits per heavy atom. The van der Waals surface area contributed by atoms with Gasteiger partial charge < -0.3 is 8.85 Å². The maximum atomic E-state index is 5.33. The van der Waals surface area contributed by atoms with Crippen molar-refractivity contribution < 1.29 is 8.85 Å². The van der Waals surface area contributed by atoms with Crippen LogP contribution in [0, 0.1) is 5.92 Å². The molecule has 0 saturated heterocycles. The first-order valence-corrected chi connectivity index (χ1v) is 7.09. The molecule has 3 heteroatoms. The predicted octanol–water partition coefficient (Wildman–Crippen LogP) is 2.72. The molecular formula is C10H24O2Si. The van der Waals surface area contributed by atoms with E-state index in [1.54, 1.807) is 14.2 Å². The number of unbranched alkanes of at least 4 members (excludes halogenated alkanes) is 1. The van der Waals surface area contributed by atoms with E-state index in [-0.39, 0.29) is 0 Å². The van der Waals surface area contributed by atoms with Gasteiger partial charge in [0, 0.05) is 14.2 Å². The maximum absolute atomic E-state index is 5.33. The molecule has 80 valence electrons. The van der Waals surface area contributed by atoms with Crippen molar-refractivity contribution >= 4 is 9.28 Å². The van der Waals surface area contributed by atoms with E-state index < -0.39 is 9.28 Å². The van der Waals surface area contributed by atoms with Gasteiger partial charge in [-0.1, -0.05) is 39.5 Å². The van der Waals surface area contributed by atoms with E-state index in [4.69, 9.17) is 8.85 Å². The highest BCUT2D eigenvalue weighted by Gasteiger charge is 2.16. The van der Waals surface area contributed by atoms with Gasteiger partial charge >= 0.3 is 9.28 Å². The first-order chi connectivity index (χ1) is 6.28. The topological polar surface area (TPSA) is 18.5 Å². The second kappa shape index (κ2) is 8.72. The lowest BCUT2D eigenvalue weighted by Crippen LogP contribution is -2.22. The minimum Gasteiger partial charge on any atom is -0.400 e. The van der Waals surface area contributed by atoms with Gasteiger partial charge in [-0.05, 0) is 12.0 Å². The molecule has 0 spiro atoms. The Morgan fingerprint density at radius 3 is 2.15 bits per heavy atom. The predicted molar refractivity (Wildman–Crippen MR) is 59.3 cm³/mol. The molecule has 0 bridgehead atoms. The van der Waals surface area contributed by atoms with Crippen LogP contribution < -0.4 is 0 Å². The molecule has 0 radical (unpaired) electrons. The molecule has 0 amide bonds. The second-order valence-electron chi connectivity index (χ2n) is 3.55. The highest BCUT2D eigenvalue weighted by Crippen LogP contribution is 2.19. The maximum Gasteiger partial charge on any atom is 0.321 e. The van der Waals surface area contributed by atoms with E-state index in [0.29, 0.717) is 0 Å². The van der Waals surface area contributed by atoms with Gasteiger partial charge in [0.15, 0.2) is 0 Å². The zero-order chi connectivity index (χ0) is 10.1. The van der Waals surface area contributed by atoms with Crippen molar-refractivity contribution in [2.75, 3.05) is 14.2 Å². The minimum absolute atomic E-state index is 0.816. The summed E-state index contributed by atoms with van der Waals surface area (Å²) in [6.45, 7) is 4.51. The van der Waals surface area contributed by atoms with Gasteiger partial charge in [0.2, 0.25) is 0 Å². The van der Waals surface area contributed by atoms with Crippen LogP contribution >= 0.6 is 0 Å². The average molecular weight is 204 g/mol. The summed E-state index contributed by atoms with van der Waals surface area (Å²) in [6, 6.07) is 1.17. The van der Waals surface area contributed by atoms with Gasteiger partial charge in [-0.15, -0.1) is 0 Å². The van der Waals surface area contributed by atoms with Crippen molar-refractivity contribution in [3.8, 4) is 0 Å². The normalized spacial score (nSPS) is 13.6. The molecule has 0 saturated carbocycles. The van der Waals surface area contributed by atoms with E-state index >= 15 is 0 Å². The van der Waals surface area contributed by atoms with E-state index in [2.05, 4.69) is 13.8 Å². The van der Waals surface area contributed by atoms with Gasteiger partial charge in [-0.3, -0.25) is 0 Å². The van der Waals surface area contributed by atoms with Crippen LogP contribution in [-0.2, 0) is 8.85 Å². The molecule has 0 aromatic carbocycles. The zero-order valence-electron chi connectivity index (χ0n) is 9.51. The first kappa shape index (κ1) is 13.1. The zero-order valence-corrected chi connectivity index (χ0v) is 10.7. The molecule has 0 rings (SSSR count). The molecule has 0 heterocycles. The van der Waals surface area contributed by atoms with Crippen LogP contribution in [0.3, 0.4) is 0 Å². The van der Waals surface area contributed by atoms with Gasteiger partial charge in [0.25, 0.3) is 0 Å². The summed E-state index contributed by atoms with van der Waals surface area (Å²) >= 11 is 0. The van der Waals surface area contributed by atoms with Crippen LogP contribution in [-0.4, -0.2) is 23.5 Å². The average Bonchev–Trinajstić information content (AvgIpc) is 2.19. The number of rotatable bonds is 8. The summed E-state index contributed by atoms with van der Waals surface area (Å²) in [5, 5.41) is 0. The third-order valence-electron chi connectivity index (χ3n) is 2.59. The fourth-order valence-corrected chi connectivity index (χ4v) is 3.23. The largest absolute Gasteiger partial charge is 0.400 e. The van der Waals surface area contributed by atoms with Crippen LogP contribution in [0.4, 0.5) is 0 Å². The van der Waals surface area contributed by atoms with Crippen molar-refractivity contribution in [2.45, 2.75) is 45.6 Å². The van der Waals surface area contributed by atoms with Gasteiger partial charge in [-0.25, -0.2) is 0 Å². The van der Waals surface area contributed by atoms with Crippen molar-refractivity contribution in [1.29, 1.82) is 0 Å². The van der Waals surface area contributed by atoms with Crippen molar-refractivity contribution in [1.82, 2.24) is 0 Å². The molecule has 0 aromatic heterocycles. The van der Waals surface area contributed by atoms with Crippen molar-refractivity contribution in [2.24, 2.45) is 5.92 Å². The molecule has 0 aliphatic carbocycles. The van der Waals surface area contributed by atoms with Gasteiger partial charge in [0.1, 0.15) is 0 Å². The van der Waals surface area contributed by atoms with Crippen LogP contribution in [0.25, 0.3) is 0 Å². The molecule has 1 atom stereocenters. The highest BCUT2D eigenvalue weighted by molar-refractivity contribution is 6.44. The fourth-order valence-electron chi connectivity index (χ4n) is 1.54. The summed E-state index contributed by atoms with van der Waals surface area (Å²) in [6.07, 6.45) is 5.23. The number of hydrogen-bond acceptors (Lipinski definition) is 2. The molecule has 1 unspecified atom stereocenters. The summed E-state index contributed by atoms with van der Waals surface area (Å²) in [5.74, 6) is 0.816. The van der Waals surface area contributed by atoms with Crippen molar-refractivity contribution in [3.63, 3.8) is 0 Å². The lowest BCUT2D eigenvalue weighted by Gasteiger charge is -2.18. The second-order valence-corrected chi connectivity index (χ2v) is 5.83. The Kier molecular flexibility index (Phi) is 8.81. The molecule has 0 N–H and O–H groups in total. The molecule has 0 aromatic rings. The smallest absolute Gasteiger partial charge is 0.321 e. The lowest BCUT2D eigenvalue weighted by atomic mass is 10.0. The Balaban J connectivity index is 3.67. The minimum atomic E-state index is -1.31. The fraction of sp³-hybridized carbons (Fsp3) is 1.00. The Morgan fingerprint density at radius 2 is 1.77 bits per heavy atom. The lowest BCUT2D eigenvalue weighted by molar-refractivity contribution is 0.266. The first-order valence-electron chi connectivity index (χ1n) is 5.34. The number of hydrogen-bond donors (Lipinski definition) is 0. The SMILES string of the molecule is CCCCC(CC)C[SiH](OC)OC. The Bertz CT molecular complexity index is 105. The molecular weight excluding hydrogens is 180 g/mol. The van der Waals surface area contributed by atoms with Crippen LogP contribution in [0.1, 0.15) is 39.5 Å². The van der Waals surface area contributed by atoms with Crippen LogP contribution in [0.5, 0.6) is 0 Å². The van der Waals surface area contributed by atoms with E-state index in [0.717, 1.165) is 5.92 Å². The molecule has 13 heavy (non-hydrogen) atoms. The molecule has 0 aliphatic rings. The molecule has 2 nitrogen and oxygen atoms in total. The van der Waals surface area contributed by atoms with E-state index in [1.165, 1.54) is 31.7 Å². The van der Waals surface area contributed by atoms with Gasteiger partial charge in [-0.2, -0.15) is 0 Å². The summed E-state index contributed by atoms with van der Waals surface area (Å²) < 4.78 is 10.7. The highest BCUT2D eigenvalue weighted by atomic mass is 28.3. The monoisotopic (exact) mass is 204 g/mol. The van der Waals surface area contributed by atoms with Gasteiger partial charge in [0.05, 0.1) is 0 Å². The molecule has 0 aliphatic heterocycles. The van der Waals surface area contributed by atoms with E-state index in [9.17, 15) is 0 Å². The summed E-state index contributed by atoms with van der Waals surface area (Å²) in [7, 11) is 2.23. The van der Waals surface area contributed by atoms with Crippen molar-refractivity contribution in [3.05, 3.63) is 0 Å². The summed E-state index contributed by atoms with van der Waals surface area (Å²) in [4.78, 5) is 0. The van der Waals surface area contributed by atoms with Crippen LogP contribution in [0.15, 0.2) is 0 Å². The summed E-state index contributed by atoms with van der Waals surface area (Å²) in [5.41, 5.74) is 0. The standard InChI is InChI=1S/C10H24O2Si/c1-5-7-8-10(6-2)9-13(11-3)12-4/h10,13H,5-9H2,1-4H3. The Hall–Kier alpha value is 0.137.